The van der Waals surface area contributed by atoms with Gasteiger partial charge < -0.3 is 10.1 Å². The maximum atomic E-state index is 5.86. The van der Waals surface area contributed by atoms with Gasteiger partial charge in [-0.3, -0.25) is 0 Å². The molecule has 0 fully saturated rings. The monoisotopic (exact) mass is 284 g/mol. The highest BCUT2D eigenvalue weighted by molar-refractivity contribution is 6.99. The standard InChI is InChI=1S/C11H13ClN4OS/c1-7(2)17-11-8(4-3-5-13-11)6-14-10-9(12)15-18-16-10/h3-5,7H,6H2,1-2H3,(H,14,16). The van der Waals surface area contributed by atoms with Gasteiger partial charge in [-0.1, -0.05) is 17.7 Å². The number of pyridine rings is 1. The number of nitrogens with zero attached hydrogens (tertiary/aromatic N) is 3. The molecule has 0 aliphatic rings. The Hall–Kier alpha value is -1.40. The second-order valence-electron chi connectivity index (χ2n) is 3.89. The molecule has 0 aromatic carbocycles. The van der Waals surface area contributed by atoms with E-state index in [1.165, 1.54) is 0 Å². The molecule has 0 radical (unpaired) electrons. The van der Waals surface area contributed by atoms with E-state index >= 15 is 0 Å². The lowest BCUT2D eigenvalue weighted by atomic mass is 10.2. The topological polar surface area (TPSA) is 59.9 Å². The van der Waals surface area contributed by atoms with E-state index in [4.69, 9.17) is 16.3 Å². The third-order valence-corrected chi connectivity index (χ3v) is 2.98. The van der Waals surface area contributed by atoms with Crippen LogP contribution >= 0.6 is 23.3 Å². The summed E-state index contributed by atoms with van der Waals surface area (Å²) >= 11 is 6.93. The third-order valence-electron chi connectivity index (χ3n) is 2.09. The molecule has 2 aromatic heterocycles. The van der Waals surface area contributed by atoms with Crippen LogP contribution in [0, 0.1) is 0 Å². The first-order valence-electron chi connectivity index (χ1n) is 5.49. The van der Waals surface area contributed by atoms with Gasteiger partial charge in [-0.2, -0.15) is 8.75 Å². The molecule has 0 saturated heterocycles. The summed E-state index contributed by atoms with van der Waals surface area (Å²) in [4.78, 5) is 4.21. The average molecular weight is 285 g/mol. The van der Waals surface area contributed by atoms with Crippen molar-refractivity contribution in [1.29, 1.82) is 0 Å². The maximum absolute atomic E-state index is 5.86. The van der Waals surface area contributed by atoms with Crippen LogP contribution in [0.15, 0.2) is 18.3 Å². The zero-order chi connectivity index (χ0) is 13.0. The minimum absolute atomic E-state index is 0.0863. The largest absolute Gasteiger partial charge is 0.475 e. The molecule has 0 unspecified atom stereocenters. The Morgan fingerprint density at radius 1 is 1.44 bits per heavy atom. The van der Waals surface area contributed by atoms with E-state index < -0.39 is 0 Å². The highest BCUT2D eigenvalue weighted by Gasteiger charge is 2.09. The van der Waals surface area contributed by atoms with E-state index in [1.54, 1.807) is 6.20 Å². The summed E-state index contributed by atoms with van der Waals surface area (Å²) in [6.45, 7) is 4.47. The van der Waals surface area contributed by atoms with Gasteiger partial charge in [-0.05, 0) is 19.9 Å². The molecule has 2 aromatic rings. The van der Waals surface area contributed by atoms with Crippen LogP contribution in [0.3, 0.4) is 0 Å². The first-order chi connectivity index (χ1) is 8.66. The highest BCUT2D eigenvalue weighted by Crippen LogP contribution is 2.21. The summed E-state index contributed by atoms with van der Waals surface area (Å²) in [6, 6.07) is 3.82. The minimum Gasteiger partial charge on any atom is -0.475 e. The number of ether oxygens (including phenoxy) is 1. The quantitative estimate of drug-likeness (QED) is 0.914. The molecule has 1 N–H and O–H groups in total. The molecule has 0 aliphatic carbocycles. The van der Waals surface area contributed by atoms with Crippen molar-refractivity contribution in [2.75, 3.05) is 5.32 Å². The lowest BCUT2D eigenvalue weighted by Gasteiger charge is -2.12. The number of hydrogen-bond donors (Lipinski definition) is 1. The SMILES string of the molecule is CC(C)Oc1ncccc1CNc1nsnc1Cl. The Labute approximate surface area is 114 Å². The molecular weight excluding hydrogens is 272 g/mol. The van der Waals surface area contributed by atoms with Crippen LogP contribution in [-0.4, -0.2) is 19.8 Å². The summed E-state index contributed by atoms with van der Waals surface area (Å²) in [5.41, 5.74) is 0.954. The lowest BCUT2D eigenvalue weighted by Crippen LogP contribution is -2.10. The molecule has 5 nitrogen and oxygen atoms in total. The second-order valence-corrected chi connectivity index (χ2v) is 4.78. The van der Waals surface area contributed by atoms with E-state index in [2.05, 4.69) is 19.0 Å². The molecule has 0 atom stereocenters. The van der Waals surface area contributed by atoms with Crippen molar-refractivity contribution in [3.8, 4) is 5.88 Å². The van der Waals surface area contributed by atoms with Crippen molar-refractivity contribution in [3.05, 3.63) is 29.0 Å². The van der Waals surface area contributed by atoms with E-state index in [1.807, 2.05) is 26.0 Å². The van der Waals surface area contributed by atoms with E-state index in [0.717, 1.165) is 17.3 Å². The summed E-state index contributed by atoms with van der Waals surface area (Å²) in [5, 5.41) is 3.49. The number of hydrogen-bond acceptors (Lipinski definition) is 6. The average Bonchev–Trinajstić information content (AvgIpc) is 2.73. The number of halogens is 1. The number of anilines is 1. The van der Waals surface area contributed by atoms with Crippen molar-refractivity contribution in [1.82, 2.24) is 13.7 Å². The molecule has 96 valence electrons. The van der Waals surface area contributed by atoms with E-state index in [0.29, 0.717) is 23.4 Å². The van der Waals surface area contributed by atoms with Gasteiger partial charge in [0, 0.05) is 18.3 Å². The maximum Gasteiger partial charge on any atom is 0.218 e. The second kappa shape index (κ2) is 5.97. The van der Waals surface area contributed by atoms with Crippen LogP contribution in [0.25, 0.3) is 0 Å². The number of nitrogens with one attached hydrogen (secondary N) is 1. The first-order valence-corrected chi connectivity index (χ1v) is 6.60. The van der Waals surface area contributed by atoms with Crippen molar-refractivity contribution in [2.24, 2.45) is 0 Å². The van der Waals surface area contributed by atoms with Crippen LogP contribution < -0.4 is 10.1 Å². The fraction of sp³-hybridized carbons (Fsp3) is 0.364. The van der Waals surface area contributed by atoms with Crippen LogP contribution in [0.2, 0.25) is 5.15 Å². The Morgan fingerprint density at radius 3 is 2.94 bits per heavy atom. The molecule has 18 heavy (non-hydrogen) atoms. The predicted octanol–water partition coefficient (Wildman–Crippen LogP) is 2.99. The van der Waals surface area contributed by atoms with Gasteiger partial charge in [0.2, 0.25) is 5.88 Å². The first kappa shape index (κ1) is 13.0. The molecule has 0 bridgehead atoms. The molecule has 2 rings (SSSR count). The molecule has 7 heteroatoms. The Bertz CT molecular complexity index is 517. The van der Waals surface area contributed by atoms with Gasteiger partial charge >= 0.3 is 0 Å². The van der Waals surface area contributed by atoms with Crippen molar-refractivity contribution < 1.29 is 4.74 Å². The lowest BCUT2D eigenvalue weighted by molar-refractivity contribution is 0.230. The van der Waals surface area contributed by atoms with Gasteiger partial charge in [0.25, 0.3) is 0 Å². The number of rotatable bonds is 5. The summed E-state index contributed by atoms with van der Waals surface area (Å²) in [7, 11) is 0. The van der Waals surface area contributed by atoms with E-state index in [-0.39, 0.29) is 6.10 Å². The molecule has 0 spiro atoms. The smallest absolute Gasteiger partial charge is 0.218 e. The normalized spacial score (nSPS) is 10.7. The van der Waals surface area contributed by atoms with Crippen molar-refractivity contribution in [3.63, 3.8) is 0 Å². The van der Waals surface area contributed by atoms with Crippen molar-refractivity contribution >= 4 is 29.1 Å². The molecule has 2 heterocycles. The Kier molecular flexibility index (Phi) is 4.33. The van der Waals surface area contributed by atoms with Gasteiger partial charge in [0.15, 0.2) is 11.0 Å². The van der Waals surface area contributed by atoms with Crippen LogP contribution in [0.5, 0.6) is 5.88 Å². The molecular formula is C11H13ClN4OS. The summed E-state index contributed by atoms with van der Waals surface area (Å²) in [6.07, 6.45) is 1.79. The molecule has 0 aliphatic heterocycles. The summed E-state index contributed by atoms with van der Waals surface area (Å²) < 4.78 is 13.6. The molecule has 0 amide bonds. The fourth-order valence-corrected chi connectivity index (χ4v) is 2.03. The Morgan fingerprint density at radius 2 is 2.28 bits per heavy atom. The Balaban J connectivity index is 2.07. The predicted molar refractivity (Wildman–Crippen MR) is 72.2 cm³/mol. The zero-order valence-corrected chi connectivity index (χ0v) is 11.6. The summed E-state index contributed by atoms with van der Waals surface area (Å²) in [5.74, 6) is 1.21. The highest BCUT2D eigenvalue weighted by atomic mass is 35.5. The van der Waals surface area contributed by atoms with Crippen LogP contribution in [-0.2, 0) is 6.54 Å². The van der Waals surface area contributed by atoms with Gasteiger partial charge in [-0.25, -0.2) is 4.98 Å². The molecule has 0 saturated carbocycles. The minimum atomic E-state index is 0.0863. The fourth-order valence-electron chi connectivity index (χ4n) is 1.35. The number of aromatic nitrogens is 3. The van der Waals surface area contributed by atoms with Gasteiger partial charge in [0.1, 0.15) is 0 Å². The van der Waals surface area contributed by atoms with Crippen molar-refractivity contribution in [2.45, 2.75) is 26.5 Å². The third kappa shape index (κ3) is 3.30. The van der Waals surface area contributed by atoms with Gasteiger partial charge in [0.05, 0.1) is 17.8 Å². The van der Waals surface area contributed by atoms with E-state index in [9.17, 15) is 0 Å². The van der Waals surface area contributed by atoms with Gasteiger partial charge in [-0.15, -0.1) is 0 Å². The van der Waals surface area contributed by atoms with Crippen LogP contribution in [0.1, 0.15) is 19.4 Å². The zero-order valence-electron chi connectivity index (χ0n) is 10.1. The van der Waals surface area contributed by atoms with Crippen LogP contribution in [0.4, 0.5) is 5.82 Å².